The van der Waals surface area contributed by atoms with Crippen molar-refractivity contribution in [3.63, 3.8) is 0 Å². The zero-order valence-corrected chi connectivity index (χ0v) is 21.8. The molecule has 2 saturated heterocycles. The number of nitrogens with zero attached hydrogens (tertiary/aromatic N) is 3. The summed E-state index contributed by atoms with van der Waals surface area (Å²) in [7, 11) is 0. The van der Waals surface area contributed by atoms with Gasteiger partial charge in [-0.3, -0.25) is 9.89 Å². The molecule has 176 valence electrons. The minimum absolute atomic E-state index is 0. The maximum absolute atomic E-state index is 5.62. The van der Waals surface area contributed by atoms with Crippen LogP contribution in [0, 0.1) is 5.92 Å². The molecule has 0 amide bonds. The number of piperidine rings is 1. The van der Waals surface area contributed by atoms with Crippen molar-refractivity contribution in [2.75, 3.05) is 65.6 Å². The molecule has 0 aromatic rings. The molecule has 2 heterocycles. The first-order chi connectivity index (χ1) is 14.3. The highest BCUT2D eigenvalue weighted by molar-refractivity contribution is 14.0. The molecule has 2 aliphatic heterocycles. The van der Waals surface area contributed by atoms with Gasteiger partial charge in [0.2, 0.25) is 0 Å². The third kappa shape index (κ3) is 7.78. The molecule has 0 unspecified atom stereocenters. The Balaban J connectivity index is 0.00000320. The van der Waals surface area contributed by atoms with Gasteiger partial charge in [-0.1, -0.05) is 26.2 Å². The predicted molar refractivity (Wildman–Crippen MR) is 137 cm³/mol. The molecular weight excluding hydrogens is 489 g/mol. The van der Waals surface area contributed by atoms with Crippen molar-refractivity contribution in [3.8, 4) is 0 Å². The van der Waals surface area contributed by atoms with E-state index in [0.717, 1.165) is 57.8 Å². The smallest absolute Gasteiger partial charge is 0.191 e. The van der Waals surface area contributed by atoms with Crippen LogP contribution in [0.2, 0.25) is 0 Å². The second-order valence-corrected chi connectivity index (χ2v) is 9.17. The van der Waals surface area contributed by atoms with E-state index >= 15 is 0 Å². The number of hydrogen-bond donors (Lipinski definition) is 2. The van der Waals surface area contributed by atoms with Crippen molar-refractivity contribution in [1.82, 2.24) is 20.4 Å². The van der Waals surface area contributed by atoms with Crippen molar-refractivity contribution in [2.45, 2.75) is 70.8 Å². The van der Waals surface area contributed by atoms with Crippen molar-refractivity contribution in [3.05, 3.63) is 0 Å². The molecule has 0 spiro atoms. The van der Waals surface area contributed by atoms with Crippen LogP contribution in [-0.2, 0) is 4.74 Å². The van der Waals surface area contributed by atoms with Crippen LogP contribution in [0.15, 0.2) is 4.99 Å². The first-order valence-corrected chi connectivity index (χ1v) is 12.3. The van der Waals surface area contributed by atoms with Crippen molar-refractivity contribution >= 4 is 29.9 Å². The van der Waals surface area contributed by atoms with Crippen LogP contribution in [-0.4, -0.2) is 86.9 Å². The fraction of sp³-hybridized carbons (Fsp3) is 0.957. The molecule has 3 rings (SSSR count). The lowest BCUT2D eigenvalue weighted by molar-refractivity contribution is -0.0333. The van der Waals surface area contributed by atoms with Crippen LogP contribution in [0.4, 0.5) is 0 Å². The maximum atomic E-state index is 5.62. The van der Waals surface area contributed by atoms with Crippen molar-refractivity contribution in [2.24, 2.45) is 10.9 Å². The fourth-order valence-corrected chi connectivity index (χ4v) is 5.38. The monoisotopic (exact) mass is 535 g/mol. The van der Waals surface area contributed by atoms with Gasteiger partial charge < -0.3 is 20.3 Å². The Morgan fingerprint density at radius 1 is 1.00 bits per heavy atom. The molecule has 7 heteroatoms. The number of ether oxygens (including phenoxy) is 1. The first kappa shape index (κ1) is 26.1. The number of hydrogen-bond acceptors (Lipinski definition) is 4. The van der Waals surface area contributed by atoms with Gasteiger partial charge in [0, 0.05) is 31.7 Å². The average Bonchev–Trinajstić information content (AvgIpc) is 2.79. The first-order valence-electron chi connectivity index (χ1n) is 12.3. The van der Waals surface area contributed by atoms with E-state index in [1.807, 2.05) is 0 Å². The van der Waals surface area contributed by atoms with Gasteiger partial charge in [0.25, 0.3) is 0 Å². The number of aliphatic imine (C=N–C) groups is 1. The van der Waals surface area contributed by atoms with Gasteiger partial charge in [-0.25, -0.2) is 0 Å². The summed E-state index contributed by atoms with van der Waals surface area (Å²) in [5.74, 6) is 1.88. The average molecular weight is 536 g/mol. The van der Waals surface area contributed by atoms with E-state index < -0.39 is 0 Å². The fourth-order valence-electron chi connectivity index (χ4n) is 5.38. The highest BCUT2D eigenvalue weighted by Gasteiger charge is 2.38. The normalized spacial score (nSPS) is 24.3. The summed E-state index contributed by atoms with van der Waals surface area (Å²) >= 11 is 0. The number of guanidine groups is 1. The molecule has 0 radical (unpaired) electrons. The van der Waals surface area contributed by atoms with Gasteiger partial charge in [0.1, 0.15) is 0 Å². The maximum Gasteiger partial charge on any atom is 0.191 e. The Bertz CT molecular complexity index is 484. The molecule has 2 N–H and O–H groups in total. The van der Waals surface area contributed by atoms with Gasteiger partial charge >= 0.3 is 0 Å². The van der Waals surface area contributed by atoms with Crippen LogP contribution >= 0.6 is 24.0 Å². The highest BCUT2D eigenvalue weighted by atomic mass is 127. The largest absolute Gasteiger partial charge is 0.379 e. The Labute approximate surface area is 202 Å². The molecule has 0 atom stereocenters. The van der Waals surface area contributed by atoms with Crippen molar-refractivity contribution in [1.29, 1.82) is 0 Å². The molecule has 1 aliphatic carbocycles. The summed E-state index contributed by atoms with van der Waals surface area (Å²) in [6, 6.07) is 0. The lowest BCUT2D eigenvalue weighted by Gasteiger charge is -2.47. The molecular formula is C23H46IN5O. The van der Waals surface area contributed by atoms with Crippen LogP contribution < -0.4 is 10.6 Å². The minimum Gasteiger partial charge on any atom is -0.379 e. The van der Waals surface area contributed by atoms with Crippen LogP contribution in [0.5, 0.6) is 0 Å². The van der Waals surface area contributed by atoms with Crippen LogP contribution in [0.1, 0.15) is 65.2 Å². The third-order valence-electron chi connectivity index (χ3n) is 7.34. The summed E-state index contributed by atoms with van der Waals surface area (Å²) in [4.78, 5) is 10.4. The minimum atomic E-state index is 0. The lowest BCUT2D eigenvalue weighted by Crippen LogP contribution is -2.56. The Morgan fingerprint density at radius 2 is 1.70 bits per heavy atom. The van der Waals surface area contributed by atoms with E-state index in [2.05, 4.69) is 34.3 Å². The van der Waals surface area contributed by atoms with Gasteiger partial charge in [-0.2, -0.15) is 0 Å². The topological polar surface area (TPSA) is 52.1 Å². The Kier molecular flexibility index (Phi) is 12.3. The second kappa shape index (κ2) is 14.1. The summed E-state index contributed by atoms with van der Waals surface area (Å²) in [6.45, 7) is 14.9. The van der Waals surface area contributed by atoms with E-state index in [9.17, 15) is 0 Å². The standard InChI is InChI=1S/C23H45N5O.HI/c1-3-24-22(25-13-8-21-9-14-27(4-2)15-10-21)26-20-23(11-6-5-7-12-23)28-16-18-29-19-17-28;/h21H,3-20H2,1-2H3,(H2,24,25,26);1H. The predicted octanol–water partition coefficient (Wildman–Crippen LogP) is 3.32. The zero-order chi connectivity index (χ0) is 20.4. The SMILES string of the molecule is CCNC(=NCC1(N2CCOCC2)CCCCC1)NCCC1CCN(CC)CC1.I. The molecule has 0 aromatic heterocycles. The van der Waals surface area contributed by atoms with E-state index in [1.54, 1.807) is 0 Å². The molecule has 1 saturated carbocycles. The molecule has 0 aromatic carbocycles. The number of morpholine rings is 1. The van der Waals surface area contributed by atoms with E-state index in [0.29, 0.717) is 0 Å². The zero-order valence-electron chi connectivity index (χ0n) is 19.5. The van der Waals surface area contributed by atoms with Gasteiger partial charge in [0.05, 0.1) is 19.8 Å². The van der Waals surface area contributed by atoms with Crippen LogP contribution in [0.3, 0.4) is 0 Å². The summed E-state index contributed by atoms with van der Waals surface area (Å²) in [6.07, 6.45) is 10.6. The van der Waals surface area contributed by atoms with Gasteiger partial charge in [0.15, 0.2) is 5.96 Å². The Morgan fingerprint density at radius 3 is 2.33 bits per heavy atom. The van der Waals surface area contributed by atoms with E-state index in [1.165, 1.54) is 71.0 Å². The summed E-state index contributed by atoms with van der Waals surface area (Å²) in [5.41, 5.74) is 0.247. The molecule has 30 heavy (non-hydrogen) atoms. The highest BCUT2D eigenvalue weighted by Crippen LogP contribution is 2.34. The number of nitrogens with one attached hydrogen (secondary N) is 2. The molecule has 6 nitrogen and oxygen atoms in total. The molecule has 0 bridgehead atoms. The lowest BCUT2D eigenvalue weighted by atomic mass is 9.80. The van der Waals surface area contributed by atoms with Crippen LogP contribution in [0.25, 0.3) is 0 Å². The van der Waals surface area contributed by atoms with E-state index in [-0.39, 0.29) is 29.5 Å². The van der Waals surface area contributed by atoms with E-state index in [4.69, 9.17) is 9.73 Å². The molecule has 3 aliphatic rings. The number of rotatable bonds is 8. The molecule has 3 fully saturated rings. The number of likely N-dealkylation sites (tertiary alicyclic amines) is 1. The van der Waals surface area contributed by atoms with Crippen molar-refractivity contribution < 1.29 is 4.74 Å². The summed E-state index contributed by atoms with van der Waals surface area (Å²) in [5, 5.41) is 7.12. The number of halogens is 1. The Hall–Kier alpha value is -0.120. The third-order valence-corrected chi connectivity index (χ3v) is 7.34. The van der Waals surface area contributed by atoms with Gasteiger partial charge in [-0.15, -0.1) is 24.0 Å². The summed E-state index contributed by atoms with van der Waals surface area (Å²) < 4.78 is 5.62. The quantitative estimate of drug-likeness (QED) is 0.284. The van der Waals surface area contributed by atoms with Gasteiger partial charge in [-0.05, 0) is 64.6 Å². The second-order valence-electron chi connectivity index (χ2n) is 9.17.